The van der Waals surface area contributed by atoms with Gasteiger partial charge < -0.3 is 10.8 Å². The van der Waals surface area contributed by atoms with E-state index in [9.17, 15) is 18.0 Å². The lowest BCUT2D eigenvalue weighted by Gasteiger charge is -2.34. The van der Waals surface area contributed by atoms with Crippen LogP contribution in [0.15, 0.2) is 42.5 Å². The number of aryl methyl sites for hydroxylation is 1. The molecular formula is C25H29ClF3NO3. The minimum absolute atomic E-state index is 0.441. The third kappa shape index (κ3) is 8.72. The highest BCUT2D eigenvalue weighted by Crippen LogP contribution is 2.39. The van der Waals surface area contributed by atoms with E-state index in [1.165, 1.54) is 37.7 Å². The lowest BCUT2D eigenvalue weighted by Crippen LogP contribution is -2.21. The highest BCUT2D eigenvalue weighted by Gasteiger charge is 2.38. The van der Waals surface area contributed by atoms with Gasteiger partial charge in [-0.25, -0.2) is 4.79 Å². The molecule has 2 aromatic carbocycles. The van der Waals surface area contributed by atoms with Gasteiger partial charge in [0.25, 0.3) is 0 Å². The number of carboxylic acid groups (broad SMARTS) is 1. The van der Waals surface area contributed by atoms with E-state index >= 15 is 0 Å². The van der Waals surface area contributed by atoms with Gasteiger partial charge in [0, 0.05) is 10.6 Å². The van der Waals surface area contributed by atoms with Crippen LogP contribution in [0.3, 0.4) is 0 Å². The molecule has 1 amide bonds. The standard InChI is InChI=1S/C23H28ClNO.C2HF3O2/c1-23(2)11-9-17(10-12-23)4-3-16-5-7-18(8-6-16)19-13-20(22(25)26)15-21(24)14-19;3-2(4,5)1(6)7/h5-8,13-15,17H,3-4,9-12H2,1-2H3,(H2,25,26);(H,6,7). The molecule has 0 aromatic heterocycles. The fourth-order valence-electron chi connectivity index (χ4n) is 3.88. The summed E-state index contributed by atoms with van der Waals surface area (Å²) in [5.41, 5.74) is 9.71. The largest absolute Gasteiger partial charge is 0.490 e. The number of rotatable bonds is 5. The third-order valence-corrected chi connectivity index (χ3v) is 6.23. The Balaban J connectivity index is 0.000000479. The van der Waals surface area contributed by atoms with Gasteiger partial charge in [0.05, 0.1) is 0 Å². The minimum atomic E-state index is -5.08. The predicted molar refractivity (Wildman–Crippen MR) is 123 cm³/mol. The number of benzene rings is 2. The Morgan fingerprint density at radius 3 is 2.09 bits per heavy atom. The summed E-state index contributed by atoms with van der Waals surface area (Å²) >= 11 is 6.12. The Kier molecular flexibility index (Phi) is 8.95. The van der Waals surface area contributed by atoms with Gasteiger partial charge in [-0.3, -0.25) is 4.79 Å². The molecule has 0 unspecified atom stereocenters. The number of aliphatic carboxylic acids is 1. The van der Waals surface area contributed by atoms with Gasteiger partial charge in [-0.15, -0.1) is 0 Å². The van der Waals surface area contributed by atoms with E-state index in [-0.39, 0.29) is 0 Å². The fourth-order valence-corrected chi connectivity index (χ4v) is 4.12. The van der Waals surface area contributed by atoms with Gasteiger partial charge in [-0.2, -0.15) is 13.2 Å². The molecule has 0 radical (unpaired) electrons. The van der Waals surface area contributed by atoms with Crippen molar-refractivity contribution < 1.29 is 27.9 Å². The van der Waals surface area contributed by atoms with Crippen LogP contribution in [0.5, 0.6) is 0 Å². The van der Waals surface area contributed by atoms with Crippen LogP contribution < -0.4 is 5.73 Å². The molecule has 0 atom stereocenters. The monoisotopic (exact) mass is 483 g/mol. The molecule has 0 bridgehead atoms. The quantitative estimate of drug-likeness (QED) is 0.486. The molecule has 3 rings (SSSR count). The van der Waals surface area contributed by atoms with Gasteiger partial charge in [-0.1, -0.05) is 49.7 Å². The smallest absolute Gasteiger partial charge is 0.475 e. The zero-order chi connectivity index (χ0) is 24.8. The van der Waals surface area contributed by atoms with Crippen molar-refractivity contribution >= 4 is 23.5 Å². The number of amides is 1. The summed E-state index contributed by atoms with van der Waals surface area (Å²) in [4.78, 5) is 20.3. The molecule has 8 heteroatoms. The van der Waals surface area contributed by atoms with Crippen LogP contribution in [0.1, 0.15) is 61.9 Å². The van der Waals surface area contributed by atoms with Crippen molar-refractivity contribution in [3.63, 3.8) is 0 Å². The van der Waals surface area contributed by atoms with Gasteiger partial charge in [0.1, 0.15) is 0 Å². The van der Waals surface area contributed by atoms with Crippen molar-refractivity contribution in [3.05, 3.63) is 58.6 Å². The van der Waals surface area contributed by atoms with Gasteiger partial charge in [0.15, 0.2) is 0 Å². The second-order valence-corrected chi connectivity index (χ2v) is 9.68. The second-order valence-electron chi connectivity index (χ2n) is 9.24. The topological polar surface area (TPSA) is 80.4 Å². The van der Waals surface area contributed by atoms with Crippen LogP contribution in [0, 0.1) is 11.3 Å². The molecule has 0 saturated heterocycles. The van der Waals surface area contributed by atoms with Crippen molar-refractivity contribution in [2.24, 2.45) is 17.1 Å². The van der Waals surface area contributed by atoms with Crippen LogP contribution >= 0.6 is 11.6 Å². The first kappa shape index (κ1) is 26.7. The molecule has 0 aliphatic heterocycles. The van der Waals surface area contributed by atoms with E-state index in [1.807, 2.05) is 6.07 Å². The number of alkyl halides is 3. The summed E-state index contributed by atoms with van der Waals surface area (Å²) in [7, 11) is 0. The maximum Gasteiger partial charge on any atom is 0.490 e. The molecule has 0 heterocycles. The summed E-state index contributed by atoms with van der Waals surface area (Å²) in [5.74, 6) is -2.35. The van der Waals surface area contributed by atoms with Crippen molar-refractivity contribution in [2.75, 3.05) is 0 Å². The Labute approximate surface area is 196 Å². The van der Waals surface area contributed by atoms with Gasteiger partial charge in [0.2, 0.25) is 5.91 Å². The first-order valence-electron chi connectivity index (χ1n) is 10.8. The first-order chi connectivity index (χ1) is 15.3. The van der Waals surface area contributed by atoms with Crippen molar-refractivity contribution in [3.8, 4) is 11.1 Å². The molecule has 4 nitrogen and oxygen atoms in total. The summed E-state index contributed by atoms with van der Waals surface area (Å²) < 4.78 is 31.7. The maximum atomic E-state index is 11.4. The third-order valence-electron chi connectivity index (χ3n) is 6.01. The highest BCUT2D eigenvalue weighted by atomic mass is 35.5. The number of carbonyl (C=O) groups excluding carboxylic acids is 1. The molecule has 1 aliphatic carbocycles. The molecule has 1 aliphatic rings. The Bertz CT molecular complexity index is 962. The van der Waals surface area contributed by atoms with Crippen molar-refractivity contribution in [1.82, 2.24) is 0 Å². The number of hydrogen-bond acceptors (Lipinski definition) is 2. The van der Waals surface area contributed by atoms with Crippen LogP contribution in [-0.4, -0.2) is 23.2 Å². The Morgan fingerprint density at radius 2 is 1.61 bits per heavy atom. The zero-order valence-corrected chi connectivity index (χ0v) is 19.5. The zero-order valence-electron chi connectivity index (χ0n) is 18.7. The minimum Gasteiger partial charge on any atom is -0.475 e. The average Bonchev–Trinajstić information content (AvgIpc) is 2.72. The number of halogens is 4. The summed E-state index contributed by atoms with van der Waals surface area (Å²) in [6, 6.07) is 13.9. The van der Waals surface area contributed by atoms with E-state index in [1.54, 1.807) is 12.1 Å². The summed E-state index contributed by atoms with van der Waals surface area (Å²) in [6.45, 7) is 4.78. The molecule has 3 N–H and O–H groups in total. The van der Waals surface area contributed by atoms with E-state index in [0.717, 1.165) is 23.5 Å². The summed E-state index contributed by atoms with van der Waals surface area (Å²) in [6.07, 6.45) is 2.76. The number of carbonyl (C=O) groups is 2. The SMILES string of the molecule is CC1(C)CCC(CCc2ccc(-c3cc(Cl)cc(C(N)=O)c3)cc2)CC1.O=C(O)C(F)(F)F. The normalized spacial score (nSPS) is 15.9. The highest BCUT2D eigenvalue weighted by molar-refractivity contribution is 6.31. The second kappa shape index (κ2) is 11.1. The van der Waals surface area contributed by atoms with Crippen molar-refractivity contribution in [2.45, 2.75) is 58.5 Å². The number of carboxylic acids is 1. The molecular weight excluding hydrogens is 455 g/mol. The Hall–Kier alpha value is -2.54. The van der Waals surface area contributed by atoms with E-state index in [2.05, 4.69) is 38.1 Å². The van der Waals surface area contributed by atoms with E-state index < -0.39 is 18.1 Å². The average molecular weight is 484 g/mol. The maximum absolute atomic E-state index is 11.4. The first-order valence-corrected chi connectivity index (χ1v) is 11.1. The predicted octanol–water partition coefficient (Wildman–Crippen LogP) is 6.89. The fraction of sp³-hybridized carbons (Fsp3) is 0.440. The number of primary amides is 1. The lowest BCUT2D eigenvalue weighted by molar-refractivity contribution is -0.192. The molecule has 33 heavy (non-hydrogen) atoms. The number of hydrogen-bond donors (Lipinski definition) is 2. The van der Waals surface area contributed by atoms with Crippen LogP contribution in [0.2, 0.25) is 5.02 Å². The van der Waals surface area contributed by atoms with E-state index in [0.29, 0.717) is 16.0 Å². The number of nitrogens with two attached hydrogens (primary N) is 1. The van der Waals surface area contributed by atoms with Gasteiger partial charge >= 0.3 is 12.1 Å². The molecule has 1 saturated carbocycles. The van der Waals surface area contributed by atoms with Crippen molar-refractivity contribution in [1.29, 1.82) is 0 Å². The summed E-state index contributed by atoms with van der Waals surface area (Å²) in [5, 5.41) is 7.65. The van der Waals surface area contributed by atoms with Crippen LogP contribution in [-0.2, 0) is 11.2 Å². The molecule has 1 fully saturated rings. The molecule has 180 valence electrons. The molecule has 2 aromatic rings. The van der Waals surface area contributed by atoms with E-state index in [4.69, 9.17) is 27.2 Å². The Morgan fingerprint density at radius 1 is 1.06 bits per heavy atom. The van der Waals surface area contributed by atoms with Crippen LogP contribution in [0.25, 0.3) is 11.1 Å². The molecule has 0 spiro atoms. The van der Waals surface area contributed by atoms with Crippen LogP contribution in [0.4, 0.5) is 13.2 Å². The lowest BCUT2D eigenvalue weighted by atomic mass is 9.72. The van der Waals surface area contributed by atoms with Gasteiger partial charge in [-0.05, 0) is 84.7 Å².